The van der Waals surface area contributed by atoms with Gasteiger partial charge in [-0.05, 0) is 37.9 Å². The maximum Gasteiger partial charge on any atom is 0.500 e. The summed E-state index contributed by atoms with van der Waals surface area (Å²) >= 11 is 0. The molecule has 0 spiro atoms. The van der Waals surface area contributed by atoms with Gasteiger partial charge in [-0.25, -0.2) is 28.1 Å². The summed E-state index contributed by atoms with van der Waals surface area (Å²) in [6.45, 7) is 2.09. The van der Waals surface area contributed by atoms with E-state index in [0.717, 1.165) is 13.7 Å². The summed E-state index contributed by atoms with van der Waals surface area (Å²) in [5.41, 5.74) is -2.06. The fraction of sp³-hybridized carbons (Fsp3) is 0.857. The molecular formula is C21H45N3O11Si3. The van der Waals surface area contributed by atoms with Crippen molar-refractivity contribution in [2.24, 2.45) is 0 Å². The largest absolute Gasteiger partial charge is 0.500 e. The summed E-state index contributed by atoms with van der Waals surface area (Å²) in [7, 11) is 2.39. The van der Waals surface area contributed by atoms with Crippen molar-refractivity contribution in [2.75, 3.05) is 56.0 Å². The molecule has 17 heteroatoms. The van der Waals surface area contributed by atoms with Crippen molar-refractivity contribution in [1.29, 1.82) is 0 Å². The van der Waals surface area contributed by atoms with Gasteiger partial charge in [-0.2, -0.15) is 0 Å². The van der Waals surface area contributed by atoms with Crippen LogP contribution >= 0.6 is 0 Å². The van der Waals surface area contributed by atoms with Gasteiger partial charge in [0.1, 0.15) is 0 Å². The number of aromatic nitrogens is 3. The van der Waals surface area contributed by atoms with E-state index >= 15 is 0 Å². The first-order valence-electron chi connectivity index (χ1n) is 12.4. The molecule has 0 saturated heterocycles. The van der Waals surface area contributed by atoms with Crippen LogP contribution in [-0.4, -0.2) is 101 Å². The van der Waals surface area contributed by atoms with E-state index in [1.54, 1.807) is 14.2 Å². The minimum atomic E-state index is -2.91. The maximum atomic E-state index is 13.3. The standard InChI is InChI=1S/C21H45N3O11Si3/c1-29-36(8,30-2)15-9-12-22-19(26)23(13-10-16-37(18-25,31-3)32-4)21(28)24(20(22)27)14-11-17-38(33-5,34-6)35-7/h25H,9-18H2,1-8H3. The van der Waals surface area contributed by atoms with Gasteiger partial charge in [-0.3, -0.25) is 0 Å². The highest BCUT2D eigenvalue weighted by molar-refractivity contribution is 6.67. The van der Waals surface area contributed by atoms with Crippen LogP contribution < -0.4 is 17.1 Å². The summed E-state index contributed by atoms with van der Waals surface area (Å²) in [5.74, 6) is 0. The van der Waals surface area contributed by atoms with Crippen LogP contribution in [0, 0.1) is 0 Å². The fourth-order valence-corrected chi connectivity index (χ4v) is 8.88. The highest BCUT2D eigenvalue weighted by Crippen LogP contribution is 2.16. The van der Waals surface area contributed by atoms with Gasteiger partial charge >= 0.3 is 43.0 Å². The Kier molecular flexibility index (Phi) is 14.7. The second-order valence-electron chi connectivity index (χ2n) is 8.93. The lowest BCUT2D eigenvalue weighted by Gasteiger charge is -2.25. The van der Waals surface area contributed by atoms with Crippen LogP contribution in [0.15, 0.2) is 14.4 Å². The van der Waals surface area contributed by atoms with Crippen molar-refractivity contribution in [3.63, 3.8) is 0 Å². The number of nitrogens with zero attached hydrogens (tertiary/aromatic N) is 3. The normalized spacial score (nSPS) is 12.9. The third-order valence-electron chi connectivity index (χ3n) is 6.98. The van der Waals surface area contributed by atoms with Gasteiger partial charge in [0.25, 0.3) is 0 Å². The van der Waals surface area contributed by atoms with Crippen LogP contribution in [-0.2, 0) is 50.6 Å². The summed E-state index contributed by atoms with van der Waals surface area (Å²) in [6.07, 6.45) is 0.900. The molecule has 1 N–H and O–H groups in total. The average Bonchev–Trinajstić information content (AvgIpc) is 2.94. The second kappa shape index (κ2) is 16.1. The zero-order chi connectivity index (χ0) is 29.0. The van der Waals surface area contributed by atoms with Gasteiger partial charge in [-0.15, -0.1) is 0 Å². The number of aliphatic hydroxyl groups is 1. The van der Waals surface area contributed by atoms with Crippen molar-refractivity contribution in [3.8, 4) is 0 Å². The van der Waals surface area contributed by atoms with E-state index in [1.807, 2.05) is 6.55 Å². The monoisotopic (exact) mass is 599 g/mol. The Balaban J connectivity index is 3.35. The van der Waals surface area contributed by atoms with E-state index in [2.05, 4.69) is 0 Å². The summed E-state index contributed by atoms with van der Waals surface area (Å²) in [5, 5.41) is 9.72. The van der Waals surface area contributed by atoms with Crippen LogP contribution in [0.5, 0.6) is 0 Å². The molecule has 0 aliphatic carbocycles. The van der Waals surface area contributed by atoms with Gasteiger partial charge in [-0.1, -0.05) is 0 Å². The average molecular weight is 600 g/mol. The Morgan fingerprint density at radius 2 is 0.947 bits per heavy atom. The van der Waals surface area contributed by atoms with Crippen LogP contribution in [0.4, 0.5) is 0 Å². The number of aliphatic hydroxyl groups excluding tert-OH is 1. The zero-order valence-corrected chi connectivity index (χ0v) is 26.9. The lowest BCUT2D eigenvalue weighted by Crippen LogP contribution is -2.55. The van der Waals surface area contributed by atoms with Crippen molar-refractivity contribution in [3.05, 3.63) is 31.5 Å². The van der Waals surface area contributed by atoms with E-state index in [-0.39, 0.29) is 25.9 Å². The fourth-order valence-electron chi connectivity index (χ4n) is 4.11. The zero-order valence-electron chi connectivity index (χ0n) is 23.9. The summed E-state index contributed by atoms with van der Waals surface area (Å²) < 4.78 is 41.3. The number of hydrogen-bond acceptors (Lipinski definition) is 11. The molecule has 1 aromatic heterocycles. The maximum absolute atomic E-state index is 13.3. The molecule has 0 unspecified atom stereocenters. The molecule has 0 amide bonds. The molecule has 0 atom stereocenters. The first-order valence-corrected chi connectivity index (χ1v) is 19.1. The third-order valence-corrected chi connectivity index (χ3v) is 15.9. The Hall–Kier alpha value is -1.26. The molecule has 0 aromatic carbocycles. The predicted molar refractivity (Wildman–Crippen MR) is 147 cm³/mol. The Labute approximate surface area is 226 Å². The Bertz CT molecular complexity index is 938. The highest BCUT2D eigenvalue weighted by Gasteiger charge is 2.37. The molecule has 0 saturated carbocycles. The molecule has 0 bridgehead atoms. The summed E-state index contributed by atoms with van der Waals surface area (Å²) in [4.78, 5) is 39.9. The first kappa shape index (κ1) is 34.8. The van der Waals surface area contributed by atoms with Crippen LogP contribution in [0.25, 0.3) is 0 Å². The van der Waals surface area contributed by atoms with E-state index in [4.69, 9.17) is 31.0 Å². The molecule has 14 nitrogen and oxygen atoms in total. The molecule has 1 aromatic rings. The van der Waals surface area contributed by atoms with Gasteiger partial charge in [0.15, 0.2) is 0 Å². The van der Waals surface area contributed by atoms with Crippen LogP contribution in [0.2, 0.25) is 24.7 Å². The quantitative estimate of drug-likeness (QED) is 0.199. The van der Waals surface area contributed by atoms with E-state index in [0.29, 0.717) is 37.4 Å². The van der Waals surface area contributed by atoms with Crippen LogP contribution in [0.3, 0.4) is 0 Å². The molecule has 1 rings (SSSR count). The molecule has 1 heterocycles. The van der Waals surface area contributed by atoms with Gasteiger partial charge in [0, 0.05) is 75.4 Å². The molecule has 0 aliphatic rings. The van der Waals surface area contributed by atoms with Crippen molar-refractivity contribution < 1.29 is 36.1 Å². The first-order chi connectivity index (χ1) is 18.0. The minimum Gasteiger partial charge on any atom is -0.398 e. The van der Waals surface area contributed by atoms with Crippen molar-refractivity contribution in [1.82, 2.24) is 13.7 Å². The lowest BCUT2D eigenvalue weighted by molar-refractivity contribution is 0.122. The highest BCUT2D eigenvalue weighted by atomic mass is 28.4. The second-order valence-corrected chi connectivity index (χ2v) is 19.1. The number of hydrogen-bond donors (Lipinski definition) is 1. The minimum absolute atomic E-state index is 0.0366. The SMILES string of the molecule is CO[Si](C)(CCCn1c(=O)n(CCC[Si](CO)(OC)OC)c(=O)n(CCC[Si](OC)(OC)OC)c1=O)OC. The van der Waals surface area contributed by atoms with E-state index in [1.165, 1.54) is 35.5 Å². The Morgan fingerprint density at radius 3 is 1.26 bits per heavy atom. The molecule has 0 radical (unpaired) electrons. The predicted octanol–water partition coefficient (Wildman–Crippen LogP) is -0.149. The topological polar surface area (TPSA) is 151 Å². The van der Waals surface area contributed by atoms with Crippen molar-refractivity contribution in [2.45, 2.75) is 63.6 Å². The molecule has 0 fully saturated rings. The van der Waals surface area contributed by atoms with Gasteiger partial charge < -0.3 is 36.1 Å². The smallest absolute Gasteiger partial charge is 0.398 e. The lowest BCUT2D eigenvalue weighted by atomic mass is 10.4. The van der Waals surface area contributed by atoms with Crippen LogP contribution in [0.1, 0.15) is 19.3 Å². The molecule has 222 valence electrons. The molecule has 0 aliphatic heterocycles. The summed E-state index contributed by atoms with van der Waals surface area (Å²) in [6, 6.07) is 1.29. The molecular weight excluding hydrogens is 554 g/mol. The van der Waals surface area contributed by atoms with Gasteiger partial charge in [0.05, 0.1) is 6.23 Å². The van der Waals surface area contributed by atoms with Crippen molar-refractivity contribution >= 4 is 25.9 Å². The third kappa shape index (κ3) is 8.62. The number of rotatable bonds is 20. The van der Waals surface area contributed by atoms with E-state index in [9.17, 15) is 19.5 Å². The molecule has 38 heavy (non-hydrogen) atoms. The van der Waals surface area contributed by atoms with E-state index < -0.39 is 43.0 Å². The Morgan fingerprint density at radius 1 is 0.579 bits per heavy atom. The van der Waals surface area contributed by atoms with Gasteiger partial charge in [0.2, 0.25) is 0 Å².